The van der Waals surface area contributed by atoms with Crippen molar-refractivity contribution >= 4 is 23.6 Å². The van der Waals surface area contributed by atoms with E-state index in [9.17, 15) is 9.18 Å². The van der Waals surface area contributed by atoms with Crippen molar-refractivity contribution in [2.75, 3.05) is 50.6 Å². The lowest BCUT2D eigenvalue weighted by Crippen LogP contribution is -2.43. The third kappa shape index (κ3) is 5.34. The summed E-state index contributed by atoms with van der Waals surface area (Å²) >= 11 is 0. The summed E-state index contributed by atoms with van der Waals surface area (Å²) in [5, 5.41) is 6.49. The van der Waals surface area contributed by atoms with Crippen molar-refractivity contribution in [2.45, 2.75) is 6.61 Å². The van der Waals surface area contributed by atoms with Gasteiger partial charge in [-0.15, -0.1) is 0 Å². The summed E-state index contributed by atoms with van der Waals surface area (Å²) in [6.45, 7) is 3.61. The van der Waals surface area contributed by atoms with Crippen LogP contribution in [0.15, 0.2) is 42.7 Å². The Labute approximate surface area is 196 Å². The van der Waals surface area contributed by atoms with Crippen molar-refractivity contribution in [3.05, 3.63) is 59.7 Å². The Morgan fingerprint density at radius 3 is 2.50 bits per heavy atom. The van der Waals surface area contributed by atoms with Crippen molar-refractivity contribution in [3.8, 4) is 17.2 Å². The topological polar surface area (TPSA) is 97.8 Å². The number of anilines is 3. The number of methoxy groups -OCH3 is 2. The number of piperazine rings is 1. The highest BCUT2D eigenvalue weighted by Gasteiger charge is 2.16. The number of carbonyl (C=O) groups is 1. The van der Waals surface area contributed by atoms with Gasteiger partial charge in [0.05, 0.1) is 32.3 Å². The standard InChI is InChI=1S/C24H26FN5O4/c1-32-21-11-18(3-4-20(21)30-7-5-26-6-8-30)29-24-27-12-19(13-28-24)34-15-17-9-16(14-31)10-22(33-2)23(17)25/h3-4,9-14,26H,5-8,15H2,1-2H3,(H,27,28,29). The maximum atomic E-state index is 14.4. The van der Waals surface area contributed by atoms with E-state index >= 15 is 0 Å². The fourth-order valence-corrected chi connectivity index (χ4v) is 3.67. The molecule has 0 saturated carbocycles. The Morgan fingerprint density at radius 1 is 1.09 bits per heavy atom. The van der Waals surface area contributed by atoms with Gasteiger partial charge in [-0.05, 0) is 24.3 Å². The van der Waals surface area contributed by atoms with Gasteiger partial charge in [-0.3, -0.25) is 4.79 Å². The third-order valence-corrected chi connectivity index (χ3v) is 5.41. The smallest absolute Gasteiger partial charge is 0.227 e. The maximum absolute atomic E-state index is 14.4. The zero-order valence-electron chi connectivity index (χ0n) is 19.0. The predicted octanol–water partition coefficient (Wildman–Crippen LogP) is 3.18. The van der Waals surface area contributed by atoms with Crippen molar-refractivity contribution < 1.29 is 23.4 Å². The molecule has 9 nitrogen and oxygen atoms in total. The number of aromatic nitrogens is 2. The minimum atomic E-state index is -0.578. The van der Waals surface area contributed by atoms with Gasteiger partial charge in [0.2, 0.25) is 5.95 Å². The van der Waals surface area contributed by atoms with Gasteiger partial charge in [0, 0.05) is 49.1 Å². The first-order valence-electron chi connectivity index (χ1n) is 10.8. The Hall–Kier alpha value is -3.92. The molecule has 0 aliphatic carbocycles. The maximum Gasteiger partial charge on any atom is 0.227 e. The molecule has 0 atom stereocenters. The Balaban J connectivity index is 1.41. The second kappa shape index (κ2) is 10.8. The average Bonchev–Trinajstić information content (AvgIpc) is 2.89. The van der Waals surface area contributed by atoms with E-state index in [0.717, 1.165) is 43.3 Å². The van der Waals surface area contributed by atoms with Gasteiger partial charge in [-0.25, -0.2) is 14.4 Å². The normalized spacial score (nSPS) is 13.3. The molecule has 0 unspecified atom stereocenters. The van der Waals surface area contributed by atoms with Gasteiger partial charge in [0.15, 0.2) is 17.3 Å². The molecule has 0 bridgehead atoms. The van der Waals surface area contributed by atoms with Crippen LogP contribution in [0.1, 0.15) is 15.9 Å². The van der Waals surface area contributed by atoms with E-state index in [0.29, 0.717) is 23.5 Å². The molecule has 178 valence electrons. The summed E-state index contributed by atoms with van der Waals surface area (Å²) in [7, 11) is 2.99. The van der Waals surface area contributed by atoms with Crippen LogP contribution in [0.25, 0.3) is 0 Å². The van der Waals surface area contributed by atoms with Crippen LogP contribution in [0.3, 0.4) is 0 Å². The molecule has 0 radical (unpaired) electrons. The number of rotatable bonds is 9. The van der Waals surface area contributed by atoms with Gasteiger partial charge in [-0.2, -0.15) is 0 Å². The third-order valence-electron chi connectivity index (χ3n) is 5.41. The Morgan fingerprint density at radius 2 is 1.82 bits per heavy atom. The van der Waals surface area contributed by atoms with Crippen molar-refractivity contribution in [1.29, 1.82) is 0 Å². The molecule has 1 aromatic heterocycles. The lowest BCUT2D eigenvalue weighted by molar-refractivity contribution is 0.112. The van der Waals surface area contributed by atoms with Crippen LogP contribution in [-0.2, 0) is 6.61 Å². The zero-order valence-corrected chi connectivity index (χ0v) is 19.0. The van der Waals surface area contributed by atoms with E-state index in [2.05, 4.69) is 25.5 Å². The number of halogens is 1. The largest absolute Gasteiger partial charge is 0.495 e. The van der Waals surface area contributed by atoms with Crippen LogP contribution < -0.4 is 29.7 Å². The number of carbonyl (C=O) groups excluding carboxylic acids is 1. The van der Waals surface area contributed by atoms with Crippen LogP contribution >= 0.6 is 0 Å². The van der Waals surface area contributed by atoms with E-state index in [1.807, 2.05) is 18.2 Å². The molecule has 2 N–H and O–H groups in total. The number of aldehydes is 1. The number of benzene rings is 2. The molecular weight excluding hydrogens is 441 g/mol. The van der Waals surface area contributed by atoms with Crippen molar-refractivity contribution in [2.24, 2.45) is 0 Å². The van der Waals surface area contributed by atoms with Gasteiger partial charge < -0.3 is 29.7 Å². The summed E-state index contributed by atoms with van der Waals surface area (Å²) in [6, 6.07) is 8.62. The molecule has 1 saturated heterocycles. The monoisotopic (exact) mass is 467 g/mol. The SMILES string of the molecule is COc1cc(Nc2ncc(OCc3cc(C=O)cc(OC)c3F)cn2)ccc1N1CCNCC1. The lowest BCUT2D eigenvalue weighted by atomic mass is 10.1. The van der Waals surface area contributed by atoms with Gasteiger partial charge >= 0.3 is 0 Å². The van der Waals surface area contributed by atoms with Crippen LogP contribution in [-0.4, -0.2) is 56.7 Å². The molecule has 34 heavy (non-hydrogen) atoms. The number of nitrogens with one attached hydrogen (secondary N) is 2. The number of hydrogen-bond donors (Lipinski definition) is 2. The first-order valence-corrected chi connectivity index (χ1v) is 10.8. The average molecular weight is 468 g/mol. The van der Waals surface area contributed by atoms with Crippen LogP contribution in [0.4, 0.5) is 21.7 Å². The summed E-state index contributed by atoms with van der Waals surface area (Å²) < 4.78 is 30.6. The molecule has 1 aliphatic rings. The number of hydrogen-bond acceptors (Lipinski definition) is 9. The second-order valence-corrected chi connectivity index (χ2v) is 7.59. The van der Waals surface area contributed by atoms with E-state index in [1.54, 1.807) is 7.11 Å². The Kier molecular flexibility index (Phi) is 7.38. The molecule has 1 fully saturated rings. The van der Waals surface area contributed by atoms with Gasteiger partial charge in [0.25, 0.3) is 0 Å². The van der Waals surface area contributed by atoms with Gasteiger partial charge in [0.1, 0.15) is 18.6 Å². The number of ether oxygens (including phenoxy) is 3. The first kappa shape index (κ1) is 23.2. The van der Waals surface area contributed by atoms with E-state index in [1.165, 1.54) is 31.6 Å². The summed E-state index contributed by atoms with van der Waals surface area (Å²) in [4.78, 5) is 21.9. The second-order valence-electron chi connectivity index (χ2n) is 7.59. The first-order chi connectivity index (χ1) is 16.6. The minimum Gasteiger partial charge on any atom is -0.495 e. The molecular formula is C24H26FN5O4. The molecule has 0 spiro atoms. The zero-order chi connectivity index (χ0) is 23.9. The fraction of sp³-hybridized carbons (Fsp3) is 0.292. The molecule has 1 aliphatic heterocycles. The molecule has 0 amide bonds. The summed E-state index contributed by atoms with van der Waals surface area (Å²) in [6.07, 6.45) is 3.60. The molecule has 3 aromatic rings. The van der Waals surface area contributed by atoms with Crippen LogP contribution in [0.5, 0.6) is 17.2 Å². The molecule has 10 heteroatoms. The highest BCUT2D eigenvalue weighted by atomic mass is 19.1. The highest BCUT2D eigenvalue weighted by molar-refractivity contribution is 5.76. The molecule has 2 heterocycles. The predicted molar refractivity (Wildman–Crippen MR) is 126 cm³/mol. The Bertz CT molecular complexity index is 1140. The quantitative estimate of drug-likeness (QED) is 0.460. The van der Waals surface area contributed by atoms with E-state index in [-0.39, 0.29) is 17.9 Å². The summed E-state index contributed by atoms with van der Waals surface area (Å²) in [5.74, 6) is 0.900. The lowest BCUT2D eigenvalue weighted by Gasteiger charge is -2.30. The van der Waals surface area contributed by atoms with E-state index in [4.69, 9.17) is 14.2 Å². The number of nitrogens with zero attached hydrogens (tertiary/aromatic N) is 3. The minimum absolute atomic E-state index is 0.0163. The van der Waals surface area contributed by atoms with Crippen molar-refractivity contribution in [1.82, 2.24) is 15.3 Å². The van der Waals surface area contributed by atoms with Gasteiger partial charge in [-0.1, -0.05) is 0 Å². The van der Waals surface area contributed by atoms with Crippen LogP contribution in [0, 0.1) is 5.82 Å². The van der Waals surface area contributed by atoms with Crippen LogP contribution in [0.2, 0.25) is 0 Å². The van der Waals surface area contributed by atoms with E-state index < -0.39 is 5.82 Å². The molecule has 4 rings (SSSR count). The highest BCUT2D eigenvalue weighted by Crippen LogP contribution is 2.32. The molecule has 2 aromatic carbocycles. The summed E-state index contributed by atoms with van der Waals surface area (Å²) in [5.41, 5.74) is 2.32. The fourth-order valence-electron chi connectivity index (χ4n) is 3.67. The van der Waals surface area contributed by atoms with Crippen molar-refractivity contribution in [3.63, 3.8) is 0 Å².